The third-order valence-corrected chi connectivity index (χ3v) is 5.87. The molecule has 3 heterocycles. The number of aryl methyl sites for hydroxylation is 3. The zero-order valence-electron chi connectivity index (χ0n) is 14.8. The summed E-state index contributed by atoms with van der Waals surface area (Å²) < 4.78 is 7.75. The number of hydrogen-bond donors (Lipinski definition) is 0. The van der Waals surface area contributed by atoms with Crippen LogP contribution in [0.4, 0.5) is 0 Å². The smallest absolute Gasteiger partial charge is 0.196 e. The lowest BCUT2D eigenvalue weighted by Gasteiger charge is -2.10. The molecule has 0 N–H and O–H groups in total. The van der Waals surface area contributed by atoms with E-state index in [-0.39, 0.29) is 0 Å². The van der Waals surface area contributed by atoms with Gasteiger partial charge in [0.05, 0.1) is 11.4 Å². The normalized spacial score (nSPS) is 11.2. The lowest BCUT2D eigenvalue weighted by atomic mass is 10.2. The molecule has 1 aromatic carbocycles. The maximum absolute atomic E-state index is 5.65. The molecule has 0 spiro atoms. The first-order valence-corrected chi connectivity index (χ1v) is 10.1. The predicted molar refractivity (Wildman–Crippen MR) is 105 cm³/mol. The molecule has 0 unspecified atom stereocenters. The molecule has 26 heavy (non-hydrogen) atoms. The largest absolute Gasteiger partial charge is 0.459 e. The molecule has 0 bridgehead atoms. The van der Waals surface area contributed by atoms with Gasteiger partial charge in [0.1, 0.15) is 11.6 Å². The molecule has 7 heteroatoms. The highest BCUT2D eigenvalue weighted by Gasteiger charge is 2.14. The third kappa shape index (κ3) is 3.32. The molecule has 4 rings (SSSR count). The highest BCUT2D eigenvalue weighted by Crippen LogP contribution is 2.30. The van der Waals surface area contributed by atoms with Gasteiger partial charge in [0, 0.05) is 11.1 Å². The number of rotatable bonds is 5. The van der Waals surface area contributed by atoms with Gasteiger partial charge in [-0.05, 0) is 44.5 Å². The molecule has 0 saturated heterocycles. The Morgan fingerprint density at radius 1 is 1.08 bits per heavy atom. The fourth-order valence-corrected chi connectivity index (χ4v) is 4.47. The average molecular weight is 383 g/mol. The predicted octanol–water partition coefficient (Wildman–Crippen LogP) is 5.20. The SMILES string of the molecule is Cc1ccc(-c2nc(CSc3nnc(C)n3-c3ccccc3C)cs2)o1. The Morgan fingerprint density at radius 3 is 2.69 bits per heavy atom. The number of hydrogen-bond acceptors (Lipinski definition) is 6. The van der Waals surface area contributed by atoms with Crippen LogP contribution < -0.4 is 0 Å². The average Bonchev–Trinajstić information content (AvgIpc) is 3.34. The van der Waals surface area contributed by atoms with Crippen molar-refractivity contribution in [3.8, 4) is 16.5 Å². The molecule has 0 aliphatic heterocycles. The van der Waals surface area contributed by atoms with E-state index in [4.69, 9.17) is 4.42 Å². The number of aromatic nitrogens is 4. The summed E-state index contributed by atoms with van der Waals surface area (Å²) in [4.78, 5) is 4.68. The van der Waals surface area contributed by atoms with Crippen LogP contribution in [0.2, 0.25) is 0 Å². The van der Waals surface area contributed by atoms with Crippen molar-refractivity contribution in [1.82, 2.24) is 19.7 Å². The van der Waals surface area contributed by atoms with E-state index in [1.165, 1.54) is 5.56 Å². The Bertz CT molecular complexity index is 1050. The molecule has 0 saturated carbocycles. The summed E-state index contributed by atoms with van der Waals surface area (Å²) in [6.07, 6.45) is 0. The zero-order valence-corrected chi connectivity index (χ0v) is 16.4. The number of para-hydroxylation sites is 1. The van der Waals surface area contributed by atoms with Gasteiger partial charge in [-0.2, -0.15) is 0 Å². The van der Waals surface area contributed by atoms with Crippen LogP contribution in [0.3, 0.4) is 0 Å². The highest BCUT2D eigenvalue weighted by molar-refractivity contribution is 7.98. The van der Waals surface area contributed by atoms with Crippen LogP contribution in [0.5, 0.6) is 0 Å². The molecule has 0 radical (unpaired) electrons. The molecule has 3 aromatic heterocycles. The summed E-state index contributed by atoms with van der Waals surface area (Å²) in [7, 11) is 0. The lowest BCUT2D eigenvalue weighted by Crippen LogP contribution is -2.01. The molecular formula is C19H18N4OS2. The quantitative estimate of drug-likeness (QED) is 0.444. The molecule has 0 atom stereocenters. The van der Waals surface area contributed by atoms with Gasteiger partial charge in [-0.25, -0.2) is 4.98 Å². The van der Waals surface area contributed by atoms with E-state index in [9.17, 15) is 0 Å². The molecule has 4 aromatic rings. The molecule has 132 valence electrons. The number of benzene rings is 1. The van der Waals surface area contributed by atoms with Crippen molar-refractivity contribution in [2.24, 2.45) is 0 Å². The van der Waals surface area contributed by atoms with Crippen LogP contribution >= 0.6 is 23.1 Å². The zero-order chi connectivity index (χ0) is 18.1. The Kier molecular flexibility index (Phi) is 4.65. The fraction of sp³-hybridized carbons (Fsp3) is 0.211. The second-order valence-corrected chi connectivity index (χ2v) is 7.80. The van der Waals surface area contributed by atoms with E-state index in [1.54, 1.807) is 23.1 Å². The second kappa shape index (κ2) is 7.09. The Morgan fingerprint density at radius 2 is 1.92 bits per heavy atom. The first-order valence-electron chi connectivity index (χ1n) is 8.24. The van der Waals surface area contributed by atoms with Gasteiger partial charge >= 0.3 is 0 Å². The van der Waals surface area contributed by atoms with Gasteiger partial charge in [-0.1, -0.05) is 30.0 Å². The minimum absolute atomic E-state index is 0.736. The van der Waals surface area contributed by atoms with Crippen molar-refractivity contribution in [2.75, 3.05) is 0 Å². The molecule has 0 aliphatic rings. The summed E-state index contributed by atoms with van der Waals surface area (Å²) in [5.74, 6) is 3.34. The topological polar surface area (TPSA) is 56.7 Å². The molecule has 0 fully saturated rings. The van der Waals surface area contributed by atoms with Gasteiger partial charge in [0.2, 0.25) is 0 Å². The summed E-state index contributed by atoms with van der Waals surface area (Å²) >= 11 is 3.24. The van der Waals surface area contributed by atoms with Crippen LogP contribution in [0.25, 0.3) is 16.5 Å². The van der Waals surface area contributed by atoms with E-state index in [0.29, 0.717) is 0 Å². The number of thioether (sulfide) groups is 1. The van der Waals surface area contributed by atoms with E-state index in [1.807, 2.05) is 38.1 Å². The Labute approximate surface area is 160 Å². The van der Waals surface area contributed by atoms with Gasteiger partial charge < -0.3 is 4.42 Å². The van der Waals surface area contributed by atoms with Crippen molar-refractivity contribution >= 4 is 23.1 Å². The number of nitrogens with zero attached hydrogens (tertiary/aromatic N) is 4. The van der Waals surface area contributed by atoms with Gasteiger partial charge in [-0.3, -0.25) is 4.57 Å². The van der Waals surface area contributed by atoms with E-state index >= 15 is 0 Å². The summed E-state index contributed by atoms with van der Waals surface area (Å²) in [6, 6.07) is 12.2. The van der Waals surface area contributed by atoms with Gasteiger partial charge in [0.15, 0.2) is 15.9 Å². The van der Waals surface area contributed by atoms with Crippen molar-refractivity contribution in [1.29, 1.82) is 0 Å². The standard InChI is InChI=1S/C19H18N4OS2/c1-12-6-4-5-7-16(12)23-14(3)21-22-19(23)26-11-15-10-25-18(20-15)17-9-8-13(2)24-17/h4-10H,11H2,1-3H3. The number of thiazole rings is 1. The van der Waals surface area contributed by atoms with E-state index in [0.717, 1.165) is 44.6 Å². The molecular weight excluding hydrogens is 364 g/mol. The minimum atomic E-state index is 0.736. The van der Waals surface area contributed by atoms with E-state index < -0.39 is 0 Å². The first-order chi connectivity index (χ1) is 12.6. The third-order valence-electron chi connectivity index (χ3n) is 4.00. The van der Waals surface area contributed by atoms with Crippen LogP contribution in [0.1, 0.15) is 22.8 Å². The molecule has 5 nitrogen and oxygen atoms in total. The molecule has 0 aliphatic carbocycles. The van der Waals surface area contributed by atoms with Crippen molar-refractivity contribution < 1.29 is 4.42 Å². The van der Waals surface area contributed by atoms with Crippen LogP contribution in [0.15, 0.2) is 51.4 Å². The van der Waals surface area contributed by atoms with Crippen LogP contribution in [-0.4, -0.2) is 19.7 Å². The highest BCUT2D eigenvalue weighted by atomic mass is 32.2. The van der Waals surface area contributed by atoms with Crippen molar-refractivity contribution in [3.63, 3.8) is 0 Å². The van der Waals surface area contributed by atoms with Crippen molar-refractivity contribution in [3.05, 3.63) is 64.6 Å². The monoisotopic (exact) mass is 382 g/mol. The minimum Gasteiger partial charge on any atom is -0.459 e. The summed E-state index contributed by atoms with van der Waals surface area (Å²) in [5.41, 5.74) is 3.32. The Hall–Kier alpha value is -2.38. The van der Waals surface area contributed by atoms with Gasteiger partial charge in [0.25, 0.3) is 0 Å². The summed E-state index contributed by atoms with van der Waals surface area (Å²) in [6.45, 7) is 6.01. The maximum Gasteiger partial charge on any atom is 0.196 e. The second-order valence-electron chi connectivity index (χ2n) is 5.99. The molecule has 0 amide bonds. The van der Waals surface area contributed by atoms with Gasteiger partial charge in [-0.15, -0.1) is 21.5 Å². The lowest BCUT2D eigenvalue weighted by molar-refractivity contribution is 0.548. The maximum atomic E-state index is 5.65. The van der Waals surface area contributed by atoms with Crippen LogP contribution in [0, 0.1) is 20.8 Å². The number of furan rings is 1. The Balaban J connectivity index is 1.55. The van der Waals surface area contributed by atoms with Crippen molar-refractivity contribution in [2.45, 2.75) is 31.7 Å². The van der Waals surface area contributed by atoms with E-state index in [2.05, 4.69) is 44.2 Å². The van der Waals surface area contributed by atoms with Crippen LogP contribution in [-0.2, 0) is 5.75 Å². The summed E-state index contributed by atoms with van der Waals surface area (Å²) in [5, 5.41) is 12.5. The fourth-order valence-electron chi connectivity index (χ4n) is 2.70. The first kappa shape index (κ1) is 17.1.